The Labute approximate surface area is 188 Å². The second kappa shape index (κ2) is 8.37. The summed E-state index contributed by atoms with van der Waals surface area (Å²) in [6, 6.07) is 19.6. The number of nitrogens with zero attached hydrogens (tertiary/aromatic N) is 3. The van der Waals surface area contributed by atoms with Crippen molar-refractivity contribution in [2.45, 2.75) is 19.1 Å². The second-order valence-electron chi connectivity index (χ2n) is 8.09. The number of hydrogen-bond donors (Lipinski definition) is 1. The number of aromatic nitrogens is 2. The average molecular weight is 450 g/mol. The third-order valence-electron chi connectivity index (χ3n) is 5.77. The van der Waals surface area contributed by atoms with Crippen LogP contribution in [0.2, 0.25) is 0 Å². The Bertz CT molecular complexity index is 1340. The van der Waals surface area contributed by atoms with E-state index in [0.717, 1.165) is 37.5 Å². The molecule has 1 aromatic heterocycles. The fourth-order valence-electron chi connectivity index (χ4n) is 3.88. The summed E-state index contributed by atoms with van der Waals surface area (Å²) >= 11 is 0. The van der Waals surface area contributed by atoms with Gasteiger partial charge in [-0.1, -0.05) is 30.3 Å². The highest BCUT2D eigenvalue weighted by molar-refractivity contribution is 5.81. The Balaban J connectivity index is 1.57. The fourth-order valence-corrected chi connectivity index (χ4v) is 3.88. The van der Waals surface area contributed by atoms with E-state index >= 15 is 0 Å². The molecule has 0 atom stereocenters. The Morgan fingerprint density at radius 1 is 0.939 bits per heavy atom. The van der Waals surface area contributed by atoms with Crippen LogP contribution < -0.4 is 10.9 Å². The number of rotatable bonds is 5. The van der Waals surface area contributed by atoms with E-state index in [4.69, 9.17) is 0 Å². The quantitative estimate of drug-likeness (QED) is 0.445. The number of likely N-dealkylation sites (tertiary alicyclic amines) is 1. The van der Waals surface area contributed by atoms with Gasteiger partial charge in [-0.3, -0.25) is 9.69 Å². The van der Waals surface area contributed by atoms with Crippen molar-refractivity contribution < 1.29 is 13.2 Å². The minimum atomic E-state index is -4.55. The summed E-state index contributed by atoms with van der Waals surface area (Å²) in [6.45, 7) is 3.12. The minimum Gasteiger partial charge on any atom is -0.325 e. The van der Waals surface area contributed by atoms with Crippen LogP contribution in [0.5, 0.6) is 0 Å². The number of fused-ring (bicyclic) bond motifs is 1. The highest BCUT2D eigenvalue weighted by Crippen LogP contribution is 2.31. The maximum atomic E-state index is 13.3. The van der Waals surface area contributed by atoms with Crippen molar-refractivity contribution in [1.29, 1.82) is 0 Å². The maximum absolute atomic E-state index is 13.3. The maximum Gasteiger partial charge on any atom is 0.416 e. The molecule has 5 nitrogen and oxygen atoms in total. The first kappa shape index (κ1) is 21.2. The molecule has 2 heterocycles. The molecule has 1 fully saturated rings. The van der Waals surface area contributed by atoms with Crippen LogP contribution in [0.15, 0.2) is 77.6 Å². The summed E-state index contributed by atoms with van der Waals surface area (Å²) in [5.74, 6) is 0.231. The molecule has 1 saturated heterocycles. The van der Waals surface area contributed by atoms with E-state index in [9.17, 15) is 18.0 Å². The normalized spacial score (nSPS) is 14.3. The monoisotopic (exact) mass is 450 g/mol. The molecule has 8 heteroatoms. The van der Waals surface area contributed by atoms with Crippen molar-refractivity contribution in [2.24, 2.45) is 0 Å². The highest BCUT2D eigenvalue weighted by Gasteiger charge is 2.31. The highest BCUT2D eigenvalue weighted by atomic mass is 19.4. The van der Waals surface area contributed by atoms with Crippen molar-refractivity contribution in [3.05, 3.63) is 94.3 Å². The summed E-state index contributed by atoms with van der Waals surface area (Å²) in [6.07, 6.45) is -3.32. The fraction of sp³-hybridized carbons (Fsp3) is 0.200. The van der Waals surface area contributed by atoms with Crippen LogP contribution >= 0.6 is 0 Å². The zero-order valence-electron chi connectivity index (χ0n) is 17.6. The topological polar surface area (TPSA) is 50.2 Å². The van der Waals surface area contributed by atoms with E-state index in [2.05, 4.69) is 15.2 Å². The van der Waals surface area contributed by atoms with Crippen LogP contribution in [-0.2, 0) is 12.7 Å². The Morgan fingerprint density at radius 3 is 2.30 bits per heavy atom. The molecule has 0 aliphatic carbocycles. The predicted octanol–water partition coefficient (Wildman–Crippen LogP) is 5.35. The van der Waals surface area contributed by atoms with Crippen LogP contribution in [0.3, 0.4) is 0 Å². The smallest absolute Gasteiger partial charge is 0.325 e. The Hall–Kier alpha value is -3.65. The summed E-state index contributed by atoms with van der Waals surface area (Å²) < 4.78 is 41.0. The summed E-state index contributed by atoms with van der Waals surface area (Å²) in [5, 5.41) is 3.08. The van der Waals surface area contributed by atoms with Crippen molar-refractivity contribution in [1.82, 2.24) is 14.5 Å². The zero-order chi connectivity index (χ0) is 23.0. The van der Waals surface area contributed by atoms with Gasteiger partial charge in [0, 0.05) is 12.2 Å². The number of nitrogens with one attached hydrogen (secondary N) is 1. The number of para-hydroxylation sites is 1. The number of benzene rings is 3. The van der Waals surface area contributed by atoms with Gasteiger partial charge in [-0.25, -0.2) is 9.55 Å². The first-order chi connectivity index (χ1) is 15.9. The summed E-state index contributed by atoms with van der Waals surface area (Å²) in [5.41, 5.74) is 1.15. The second-order valence-corrected chi connectivity index (χ2v) is 8.09. The lowest BCUT2D eigenvalue weighted by molar-refractivity contribution is -0.137. The van der Waals surface area contributed by atoms with Gasteiger partial charge < -0.3 is 5.32 Å². The number of alkyl halides is 3. The third kappa shape index (κ3) is 4.34. The molecule has 33 heavy (non-hydrogen) atoms. The van der Waals surface area contributed by atoms with Gasteiger partial charge in [0.05, 0.1) is 22.2 Å². The van der Waals surface area contributed by atoms with Crippen LogP contribution in [-0.4, -0.2) is 27.5 Å². The molecular formula is C25H21F3N4O. The minimum absolute atomic E-state index is 0.0934. The zero-order valence-corrected chi connectivity index (χ0v) is 17.6. The van der Waals surface area contributed by atoms with Crippen molar-refractivity contribution in [2.75, 3.05) is 18.4 Å². The molecule has 3 aromatic carbocycles. The number of hydrogen-bond acceptors (Lipinski definition) is 4. The molecule has 4 aromatic rings. The third-order valence-corrected chi connectivity index (χ3v) is 5.77. The lowest BCUT2D eigenvalue weighted by atomic mass is 10.1. The van der Waals surface area contributed by atoms with Crippen LogP contribution in [0.4, 0.5) is 24.8 Å². The molecule has 0 amide bonds. The molecule has 5 rings (SSSR count). The van der Waals surface area contributed by atoms with E-state index in [0.29, 0.717) is 5.69 Å². The SMILES string of the molecule is O=c1c2cc(C(F)(F)F)ccc2nc(Nc2ccc(CN3CCC3)cc2)n1-c1ccccc1. The van der Waals surface area contributed by atoms with Crippen LogP contribution in [0, 0.1) is 0 Å². The molecule has 1 aliphatic rings. The van der Waals surface area contributed by atoms with Gasteiger partial charge in [0.2, 0.25) is 5.95 Å². The molecule has 0 radical (unpaired) electrons. The van der Waals surface area contributed by atoms with Gasteiger partial charge in [-0.15, -0.1) is 0 Å². The van der Waals surface area contributed by atoms with Crippen LogP contribution in [0.25, 0.3) is 16.6 Å². The Kier molecular flexibility index (Phi) is 5.38. The standard InChI is InChI=1S/C25H21F3N4O/c26-25(27,28)18-9-12-22-21(15-18)23(33)32(20-5-2-1-3-6-20)24(30-22)29-19-10-7-17(8-11-19)16-31-13-4-14-31/h1-3,5-12,15H,4,13-14,16H2,(H,29,30). The molecule has 168 valence electrons. The molecule has 1 N–H and O–H groups in total. The van der Waals surface area contributed by atoms with Gasteiger partial charge in [0.25, 0.3) is 5.56 Å². The van der Waals surface area contributed by atoms with Crippen LogP contribution in [0.1, 0.15) is 17.5 Å². The largest absolute Gasteiger partial charge is 0.416 e. The predicted molar refractivity (Wildman–Crippen MR) is 122 cm³/mol. The van der Waals surface area contributed by atoms with Gasteiger partial charge >= 0.3 is 6.18 Å². The summed E-state index contributed by atoms with van der Waals surface area (Å²) in [4.78, 5) is 20.2. The van der Waals surface area contributed by atoms with E-state index < -0.39 is 17.3 Å². The lowest BCUT2D eigenvalue weighted by Gasteiger charge is -2.30. The van der Waals surface area contributed by atoms with Crippen molar-refractivity contribution in [3.8, 4) is 5.69 Å². The van der Waals surface area contributed by atoms with Gasteiger partial charge in [0.1, 0.15) is 0 Å². The van der Waals surface area contributed by atoms with E-state index in [-0.39, 0.29) is 16.9 Å². The molecule has 1 aliphatic heterocycles. The molecule has 0 spiro atoms. The van der Waals surface area contributed by atoms with E-state index in [1.165, 1.54) is 22.6 Å². The number of halogens is 3. The average Bonchev–Trinajstić information content (AvgIpc) is 2.77. The summed E-state index contributed by atoms with van der Waals surface area (Å²) in [7, 11) is 0. The van der Waals surface area contributed by atoms with Gasteiger partial charge in [-0.05, 0) is 67.5 Å². The van der Waals surface area contributed by atoms with Gasteiger partial charge in [0.15, 0.2) is 0 Å². The van der Waals surface area contributed by atoms with E-state index in [1.54, 1.807) is 30.3 Å². The first-order valence-corrected chi connectivity index (χ1v) is 10.7. The van der Waals surface area contributed by atoms with Gasteiger partial charge in [-0.2, -0.15) is 13.2 Å². The van der Waals surface area contributed by atoms with Crippen molar-refractivity contribution in [3.63, 3.8) is 0 Å². The molecule has 0 unspecified atom stereocenters. The lowest BCUT2D eigenvalue weighted by Crippen LogP contribution is -2.36. The van der Waals surface area contributed by atoms with E-state index in [1.807, 2.05) is 24.3 Å². The first-order valence-electron chi connectivity index (χ1n) is 10.7. The molecule has 0 saturated carbocycles. The molecular weight excluding hydrogens is 429 g/mol. The van der Waals surface area contributed by atoms with Crippen molar-refractivity contribution >= 4 is 22.5 Å². The molecule has 0 bridgehead atoms. The Morgan fingerprint density at radius 2 is 1.67 bits per heavy atom. The number of anilines is 2.